The molecular weight excluding hydrogens is 186 g/mol. The molecule has 1 fully saturated rings. The van der Waals surface area contributed by atoms with Crippen molar-refractivity contribution in [1.82, 2.24) is 14.9 Å². The molecule has 0 bridgehead atoms. The van der Waals surface area contributed by atoms with Crippen LogP contribution in [0.2, 0.25) is 0 Å². The first kappa shape index (κ1) is 10.7. The van der Waals surface area contributed by atoms with Crippen LogP contribution in [-0.4, -0.2) is 22.6 Å². The Balaban J connectivity index is 2.10. The Hall–Kier alpha value is -0.830. The molecule has 0 saturated carbocycles. The highest BCUT2D eigenvalue weighted by Crippen LogP contribution is 2.22. The Bertz CT molecular complexity index is 306. The Morgan fingerprint density at radius 1 is 1.53 bits per heavy atom. The number of hydrogen-bond donors (Lipinski definition) is 1. The molecule has 2 unspecified atom stereocenters. The highest BCUT2D eigenvalue weighted by atomic mass is 15.1. The molecule has 1 aliphatic rings. The first-order valence-corrected chi connectivity index (χ1v) is 6.03. The average Bonchev–Trinajstić information content (AvgIpc) is 2.66. The summed E-state index contributed by atoms with van der Waals surface area (Å²) in [6, 6.07) is 0.609. The van der Waals surface area contributed by atoms with Crippen LogP contribution in [0.25, 0.3) is 0 Å². The first-order chi connectivity index (χ1) is 7.31. The summed E-state index contributed by atoms with van der Waals surface area (Å²) in [7, 11) is 0. The van der Waals surface area contributed by atoms with Crippen molar-refractivity contribution in [2.45, 2.75) is 39.2 Å². The van der Waals surface area contributed by atoms with Gasteiger partial charge in [0.05, 0.1) is 0 Å². The fourth-order valence-corrected chi connectivity index (χ4v) is 2.43. The van der Waals surface area contributed by atoms with E-state index in [1.165, 1.54) is 18.7 Å². The molecule has 0 amide bonds. The van der Waals surface area contributed by atoms with Crippen molar-refractivity contribution in [3.8, 4) is 0 Å². The zero-order chi connectivity index (χ0) is 10.7. The van der Waals surface area contributed by atoms with Crippen LogP contribution in [-0.2, 0) is 6.42 Å². The molecule has 0 aliphatic carbocycles. The van der Waals surface area contributed by atoms with E-state index in [9.17, 15) is 0 Å². The average molecular weight is 207 g/mol. The van der Waals surface area contributed by atoms with Crippen molar-refractivity contribution in [3.63, 3.8) is 0 Å². The van der Waals surface area contributed by atoms with Gasteiger partial charge in [-0.05, 0) is 25.3 Å². The molecule has 15 heavy (non-hydrogen) atoms. The molecular formula is C12H21N3. The largest absolute Gasteiger partial charge is 0.331 e. The third-order valence-corrected chi connectivity index (χ3v) is 3.16. The number of aromatic nitrogens is 2. The number of rotatable bonds is 3. The Morgan fingerprint density at radius 3 is 3.13 bits per heavy atom. The van der Waals surface area contributed by atoms with Crippen LogP contribution in [0, 0.1) is 5.92 Å². The number of nitrogens with one attached hydrogen (secondary N) is 1. The highest BCUT2D eigenvalue weighted by molar-refractivity contribution is 4.97. The minimum Gasteiger partial charge on any atom is -0.331 e. The summed E-state index contributed by atoms with van der Waals surface area (Å²) in [5.74, 6) is 2.03. The number of aryl methyl sites for hydroxylation is 1. The number of imidazole rings is 1. The maximum Gasteiger partial charge on any atom is 0.108 e. The molecule has 1 N–H and O–H groups in total. The summed E-state index contributed by atoms with van der Waals surface area (Å²) >= 11 is 0. The zero-order valence-electron chi connectivity index (χ0n) is 9.74. The van der Waals surface area contributed by atoms with E-state index in [1.54, 1.807) is 0 Å². The highest BCUT2D eigenvalue weighted by Gasteiger charge is 2.21. The molecule has 0 radical (unpaired) electrons. The minimum atomic E-state index is 0.609. The van der Waals surface area contributed by atoms with E-state index >= 15 is 0 Å². The molecule has 1 aromatic rings. The summed E-state index contributed by atoms with van der Waals surface area (Å²) in [6.07, 6.45) is 7.62. The van der Waals surface area contributed by atoms with Crippen molar-refractivity contribution < 1.29 is 0 Å². The predicted octanol–water partition coefficient (Wildman–Crippen LogP) is 2.01. The molecule has 2 atom stereocenters. The van der Waals surface area contributed by atoms with Gasteiger partial charge in [-0.1, -0.05) is 13.8 Å². The van der Waals surface area contributed by atoms with Gasteiger partial charge in [0.2, 0.25) is 0 Å². The smallest absolute Gasteiger partial charge is 0.108 e. The third kappa shape index (κ3) is 2.40. The monoisotopic (exact) mass is 207 g/mol. The Kier molecular flexibility index (Phi) is 3.41. The molecule has 1 saturated heterocycles. The second-order valence-electron chi connectivity index (χ2n) is 4.65. The fourth-order valence-electron chi connectivity index (χ4n) is 2.43. The molecule has 1 aromatic heterocycles. The van der Waals surface area contributed by atoms with Gasteiger partial charge in [0.25, 0.3) is 0 Å². The van der Waals surface area contributed by atoms with Crippen molar-refractivity contribution in [1.29, 1.82) is 0 Å². The van der Waals surface area contributed by atoms with Gasteiger partial charge in [-0.15, -0.1) is 0 Å². The molecule has 1 aliphatic heterocycles. The van der Waals surface area contributed by atoms with Gasteiger partial charge in [-0.3, -0.25) is 0 Å². The van der Waals surface area contributed by atoms with Crippen LogP contribution in [0.5, 0.6) is 0 Å². The molecule has 0 spiro atoms. The standard InChI is InChI=1S/C12H21N3/c1-3-4-12-14-5-6-15(12)11-7-10(2)8-13-9-11/h5-6,10-11,13H,3-4,7-9H2,1-2H3. The summed E-state index contributed by atoms with van der Waals surface area (Å²) in [5.41, 5.74) is 0. The molecule has 3 nitrogen and oxygen atoms in total. The normalized spacial score (nSPS) is 26.8. The SMILES string of the molecule is CCCc1nccn1C1CNCC(C)C1. The lowest BCUT2D eigenvalue weighted by Gasteiger charge is -2.29. The Labute approximate surface area is 91.9 Å². The first-order valence-electron chi connectivity index (χ1n) is 6.03. The lowest BCUT2D eigenvalue weighted by atomic mass is 9.97. The van der Waals surface area contributed by atoms with Crippen molar-refractivity contribution in [2.75, 3.05) is 13.1 Å². The van der Waals surface area contributed by atoms with Gasteiger partial charge in [-0.25, -0.2) is 4.98 Å². The van der Waals surface area contributed by atoms with E-state index < -0.39 is 0 Å². The lowest BCUT2D eigenvalue weighted by molar-refractivity contribution is 0.296. The van der Waals surface area contributed by atoms with E-state index in [0.717, 1.165) is 25.4 Å². The van der Waals surface area contributed by atoms with Crippen molar-refractivity contribution in [3.05, 3.63) is 18.2 Å². The summed E-state index contributed by atoms with van der Waals surface area (Å²) in [4.78, 5) is 4.44. The number of piperidine rings is 1. The van der Waals surface area contributed by atoms with Gasteiger partial charge in [0.15, 0.2) is 0 Å². The maximum atomic E-state index is 4.44. The summed E-state index contributed by atoms with van der Waals surface area (Å²) < 4.78 is 2.37. The van der Waals surface area contributed by atoms with Crippen LogP contribution in [0.4, 0.5) is 0 Å². The predicted molar refractivity (Wildman–Crippen MR) is 61.9 cm³/mol. The van der Waals surface area contributed by atoms with Gasteiger partial charge in [-0.2, -0.15) is 0 Å². The summed E-state index contributed by atoms with van der Waals surface area (Å²) in [6.45, 7) is 6.78. The molecule has 2 rings (SSSR count). The summed E-state index contributed by atoms with van der Waals surface area (Å²) in [5, 5.41) is 3.49. The molecule has 84 valence electrons. The zero-order valence-corrected chi connectivity index (χ0v) is 9.74. The maximum absolute atomic E-state index is 4.44. The van der Waals surface area contributed by atoms with Crippen LogP contribution < -0.4 is 5.32 Å². The van der Waals surface area contributed by atoms with Crippen molar-refractivity contribution in [2.24, 2.45) is 5.92 Å². The number of hydrogen-bond acceptors (Lipinski definition) is 2. The van der Waals surface area contributed by atoms with Gasteiger partial charge >= 0.3 is 0 Å². The van der Waals surface area contributed by atoms with Crippen LogP contribution >= 0.6 is 0 Å². The van der Waals surface area contributed by atoms with Crippen LogP contribution in [0.3, 0.4) is 0 Å². The van der Waals surface area contributed by atoms with E-state index in [0.29, 0.717) is 6.04 Å². The van der Waals surface area contributed by atoms with E-state index in [1.807, 2.05) is 6.20 Å². The van der Waals surface area contributed by atoms with Gasteiger partial charge < -0.3 is 9.88 Å². The third-order valence-electron chi connectivity index (χ3n) is 3.16. The van der Waals surface area contributed by atoms with Crippen LogP contribution in [0.1, 0.15) is 38.6 Å². The topological polar surface area (TPSA) is 29.9 Å². The molecule has 2 heterocycles. The van der Waals surface area contributed by atoms with E-state index in [2.05, 4.69) is 34.9 Å². The fraction of sp³-hybridized carbons (Fsp3) is 0.750. The van der Waals surface area contributed by atoms with Crippen LogP contribution in [0.15, 0.2) is 12.4 Å². The minimum absolute atomic E-state index is 0.609. The lowest BCUT2D eigenvalue weighted by Crippen LogP contribution is -2.36. The number of nitrogens with zero attached hydrogens (tertiary/aromatic N) is 2. The van der Waals surface area contributed by atoms with E-state index in [4.69, 9.17) is 0 Å². The van der Waals surface area contributed by atoms with Crippen molar-refractivity contribution >= 4 is 0 Å². The Morgan fingerprint density at radius 2 is 2.40 bits per heavy atom. The quantitative estimate of drug-likeness (QED) is 0.821. The van der Waals surface area contributed by atoms with Gasteiger partial charge in [0, 0.05) is 31.4 Å². The molecule has 0 aromatic carbocycles. The van der Waals surface area contributed by atoms with E-state index in [-0.39, 0.29) is 0 Å². The second-order valence-corrected chi connectivity index (χ2v) is 4.65. The molecule has 3 heteroatoms. The second kappa shape index (κ2) is 4.79. The van der Waals surface area contributed by atoms with Gasteiger partial charge in [0.1, 0.15) is 5.82 Å².